The first kappa shape index (κ1) is 19.2. The fraction of sp³-hybridized carbons (Fsp3) is 0.174. The minimum Gasteiger partial charge on any atom is -0.389 e. The Morgan fingerprint density at radius 1 is 1.13 bits per heavy atom. The predicted molar refractivity (Wildman–Crippen MR) is 116 cm³/mol. The molecule has 1 fully saturated rings. The van der Waals surface area contributed by atoms with Crippen molar-refractivity contribution in [3.63, 3.8) is 0 Å². The summed E-state index contributed by atoms with van der Waals surface area (Å²) in [6.45, 7) is 1.54. The van der Waals surface area contributed by atoms with Gasteiger partial charge in [0.2, 0.25) is 0 Å². The molecule has 8 heteroatoms. The molecule has 1 saturated heterocycles. The number of aliphatic hydroxyl groups excluding tert-OH is 1. The van der Waals surface area contributed by atoms with E-state index < -0.39 is 0 Å². The van der Waals surface area contributed by atoms with Crippen LogP contribution in [0.4, 0.5) is 15.9 Å². The number of hydrogen-bond acceptors (Lipinski definition) is 5. The fourth-order valence-electron chi connectivity index (χ4n) is 3.71. The van der Waals surface area contributed by atoms with Crippen molar-refractivity contribution in [2.24, 2.45) is 0 Å². The lowest BCUT2D eigenvalue weighted by Gasteiger charge is -2.36. The fourth-order valence-corrected chi connectivity index (χ4v) is 3.71. The maximum Gasteiger partial charge on any atom is 0.272 e. The van der Waals surface area contributed by atoms with Crippen molar-refractivity contribution < 1.29 is 14.3 Å². The lowest BCUT2D eigenvalue weighted by molar-refractivity contribution is 0.101. The lowest BCUT2D eigenvalue weighted by Crippen LogP contribution is -2.51. The van der Waals surface area contributed by atoms with E-state index in [4.69, 9.17) is 0 Å². The van der Waals surface area contributed by atoms with Gasteiger partial charge in [0.05, 0.1) is 29.7 Å². The molecular weight excluding hydrogens is 397 g/mol. The quantitative estimate of drug-likeness (QED) is 0.522. The highest BCUT2D eigenvalue weighted by atomic mass is 19.1. The number of hydrogen-bond donors (Lipinski definition) is 2. The highest BCUT2D eigenvalue weighted by molar-refractivity contribution is 6.06. The van der Waals surface area contributed by atoms with Crippen LogP contribution in [0.5, 0.6) is 0 Å². The number of halogens is 1. The van der Waals surface area contributed by atoms with Crippen LogP contribution < -0.4 is 10.2 Å². The summed E-state index contributed by atoms with van der Waals surface area (Å²) in [7, 11) is 0. The zero-order valence-electron chi connectivity index (χ0n) is 16.6. The van der Waals surface area contributed by atoms with E-state index in [9.17, 15) is 14.3 Å². The molecule has 5 rings (SSSR count). The van der Waals surface area contributed by atoms with Gasteiger partial charge in [-0.2, -0.15) is 0 Å². The zero-order chi connectivity index (χ0) is 21.4. The minimum atomic E-state index is -0.307. The zero-order valence-corrected chi connectivity index (χ0v) is 16.6. The van der Waals surface area contributed by atoms with Gasteiger partial charge in [0.1, 0.15) is 17.3 Å². The second kappa shape index (κ2) is 7.81. The molecular formula is C23H20FN5O2. The first-order valence-corrected chi connectivity index (χ1v) is 9.95. The lowest BCUT2D eigenvalue weighted by atomic mass is 10.2. The van der Waals surface area contributed by atoms with Crippen LogP contribution in [0.15, 0.2) is 67.1 Å². The first-order valence-electron chi connectivity index (χ1n) is 9.95. The SMILES string of the molecule is O=C(Nc1ccc(N2CC(O)C2)nc1)c1cc2ccncc2n1Cc1ccc(F)cc1. The molecule has 1 aromatic carbocycles. The molecule has 0 saturated carbocycles. The number of pyridine rings is 2. The van der Waals surface area contributed by atoms with Crippen LogP contribution >= 0.6 is 0 Å². The third-order valence-electron chi connectivity index (χ3n) is 5.39. The Labute approximate surface area is 177 Å². The molecule has 3 aromatic heterocycles. The van der Waals surface area contributed by atoms with Crippen LogP contribution in [0.1, 0.15) is 16.1 Å². The van der Waals surface area contributed by atoms with Gasteiger partial charge in [-0.1, -0.05) is 12.1 Å². The minimum absolute atomic E-state index is 0.271. The monoisotopic (exact) mass is 417 g/mol. The summed E-state index contributed by atoms with van der Waals surface area (Å²) in [6.07, 6.45) is 4.69. The van der Waals surface area contributed by atoms with E-state index in [2.05, 4.69) is 15.3 Å². The molecule has 1 aliphatic heterocycles. The molecule has 0 bridgehead atoms. The molecule has 0 radical (unpaired) electrons. The number of carbonyl (C=O) groups is 1. The van der Waals surface area contributed by atoms with Crippen molar-refractivity contribution in [1.29, 1.82) is 0 Å². The number of nitrogens with one attached hydrogen (secondary N) is 1. The maximum absolute atomic E-state index is 13.3. The average molecular weight is 417 g/mol. The highest BCUT2D eigenvalue weighted by Crippen LogP contribution is 2.23. The van der Waals surface area contributed by atoms with E-state index in [0.717, 1.165) is 22.3 Å². The topological polar surface area (TPSA) is 83.3 Å². The van der Waals surface area contributed by atoms with Gasteiger partial charge in [0, 0.05) is 31.2 Å². The van der Waals surface area contributed by atoms with E-state index in [0.29, 0.717) is 31.0 Å². The molecule has 7 nitrogen and oxygen atoms in total. The molecule has 0 aliphatic carbocycles. The number of fused-ring (bicyclic) bond motifs is 1. The molecule has 31 heavy (non-hydrogen) atoms. The Bertz CT molecular complexity index is 1230. The summed E-state index contributed by atoms with van der Waals surface area (Å²) in [4.78, 5) is 23.6. The standard InChI is InChI=1S/C23H20FN5O2/c24-17-3-1-15(2-4-17)12-29-20(9-16-7-8-25-11-21(16)29)23(31)27-18-5-6-22(26-10-18)28-13-19(30)14-28/h1-11,19,30H,12-14H2,(H,27,31). The summed E-state index contributed by atoms with van der Waals surface area (Å²) in [5.74, 6) is 0.191. The van der Waals surface area contributed by atoms with Crippen LogP contribution in [0.25, 0.3) is 10.9 Å². The van der Waals surface area contributed by atoms with Gasteiger partial charge in [0.15, 0.2) is 0 Å². The summed E-state index contributed by atoms with van der Waals surface area (Å²) in [5.41, 5.74) is 2.75. The summed E-state index contributed by atoms with van der Waals surface area (Å²) >= 11 is 0. The van der Waals surface area contributed by atoms with Gasteiger partial charge >= 0.3 is 0 Å². The van der Waals surface area contributed by atoms with Gasteiger partial charge in [-0.25, -0.2) is 9.37 Å². The molecule has 0 atom stereocenters. The van der Waals surface area contributed by atoms with E-state index in [-0.39, 0.29) is 17.8 Å². The largest absolute Gasteiger partial charge is 0.389 e. The predicted octanol–water partition coefficient (Wildman–Crippen LogP) is 3.05. The molecule has 0 spiro atoms. The van der Waals surface area contributed by atoms with Crippen molar-refractivity contribution in [2.45, 2.75) is 12.6 Å². The number of carbonyl (C=O) groups excluding carboxylic acids is 1. The van der Waals surface area contributed by atoms with Gasteiger partial charge in [-0.05, 0) is 42.0 Å². The van der Waals surface area contributed by atoms with Crippen LogP contribution in [-0.4, -0.2) is 44.7 Å². The van der Waals surface area contributed by atoms with E-state index in [1.165, 1.54) is 12.1 Å². The molecule has 156 valence electrons. The van der Waals surface area contributed by atoms with E-state index in [1.807, 2.05) is 27.7 Å². The summed E-state index contributed by atoms with van der Waals surface area (Å²) in [5, 5.41) is 13.2. The Morgan fingerprint density at radius 3 is 2.65 bits per heavy atom. The molecule has 4 heterocycles. The molecule has 4 aromatic rings. The number of rotatable bonds is 5. The van der Waals surface area contributed by atoms with Gasteiger partial charge in [-0.15, -0.1) is 0 Å². The van der Waals surface area contributed by atoms with Crippen molar-refractivity contribution in [1.82, 2.24) is 14.5 Å². The number of β-amino-alcohol motifs (C(OH)–C–C–N with tert-alkyl or cyclic N) is 1. The summed E-state index contributed by atoms with van der Waals surface area (Å²) in [6, 6.07) is 13.5. The van der Waals surface area contributed by atoms with Crippen molar-refractivity contribution >= 4 is 28.3 Å². The van der Waals surface area contributed by atoms with Crippen molar-refractivity contribution in [2.75, 3.05) is 23.3 Å². The Kier molecular flexibility index (Phi) is 4.83. The molecule has 2 N–H and O–H groups in total. The Balaban J connectivity index is 1.41. The van der Waals surface area contributed by atoms with Gasteiger partial charge < -0.3 is 19.9 Å². The Morgan fingerprint density at radius 2 is 1.94 bits per heavy atom. The number of nitrogens with zero attached hydrogens (tertiary/aromatic N) is 4. The Hall–Kier alpha value is -3.78. The summed E-state index contributed by atoms with van der Waals surface area (Å²) < 4.78 is 15.2. The molecule has 0 unspecified atom stereocenters. The maximum atomic E-state index is 13.3. The second-order valence-corrected chi connectivity index (χ2v) is 7.59. The molecule has 1 aliphatic rings. The number of amides is 1. The van der Waals surface area contributed by atoms with E-state index in [1.54, 1.807) is 36.8 Å². The number of benzene rings is 1. The second-order valence-electron chi connectivity index (χ2n) is 7.59. The number of anilines is 2. The van der Waals surface area contributed by atoms with E-state index >= 15 is 0 Å². The third-order valence-corrected chi connectivity index (χ3v) is 5.39. The number of aliphatic hydroxyl groups is 1. The number of aromatic nitrogens is 3. The average Bonchev–Trinajstić information content (AvgIpc) is 3.12. The van der Waals surface area contributed by atoms with Crippen LogP contribution in [0.2, 0.25) is 0 Å². The van der Waals surface area contributed by atoms with Crippen molar-refractivity contribution in [3.05, 3.63) is 84.2 Å². The molecule has 1 amide bonds. The van der Waals surface area contributed by atoms with Gasteiger partial charge in [-0.3, -0.25) is 9.78 Å². The highest BCUT2D eigenvalue weighted by Gasteiger charge is 2.25. The normalized spacial score (nSPS) is 13.9. The van der Waals surface area contributed by atoms with Crippen molar-refractivity contribution in [3.8, 4) is 0 Å². The van der Waals surface area contributed by atoms with Crippen LogP contribution in [0, 0.1) is 5.82 Å². The van der Waals surface area contributed by atoms with Crippen LogP contribution in [-0.2, 0) is 6.54 Å². The smallest absolute Gasteiger partial charge is 0.272 e. The first-order chi connectivity index (χ1) is 15.1. The third kappa shape index (κ3) is 3.85. The van der Waals surface area contributed by atoms with Gasteiger partial charge in [0.25, 0.3) is 5.91 Å². The van der Waals surface area contributed by atoms with Crippen LogP contribution in [0.3, 0.4) is 0 Å².